The highest BCUT2D eigenvalue weighted by molar-refractivity contribution is 7.40. The molecule has 1 heterocycles. The Morgan fingerprint density at radius 3 is 1.94 bits per heavy atom. The molecule has 2 nitrogen and oxygen atoms in total. The number of Topliss-reactive ketones (excluding diaryl/α,β-unsaturated/α-hetero) is 2. The molecular weight excluding hydrogens is 219 g/mol. The highest BCUT2D eigenvalue weighted by atomic mass is 31.1. The summed E-state index contributed by atoms with van der Waals surface area (Å²) in [4.78, 5) is 23.7. The highest BCUT2D eigenvalue weighted by Crippen LogP contribution is 2.37. The van der Waals surface area contributed by atoms with Crippen molar-refractivity contribution in [3.05, 3.63) is 0 Å². The quantitative estimate of drug-likeness (QED) is 0.710. The molecule has 1 saturated heterocycles. The van der Waals surface area contributed by atoms with E-state index in [1.165, 1.54) is 0 Å². The summed E-state index contributed by atoms with van der Waals surface area (Å²) in [5.41, 5.74) is 0.246. The Morgan fingerprint density at radius 2 is 1.56 bits per heavy atom. The predicted molar refractivity (Wildman–Crippen MR) is 69.4 cm³/mol. The van der Waals surface area contributed by atoms with Crippen LogP contribution >= 0.6 is 8.58 Å². The van der Waals surface area contributed by atoms with Gasteiger partial charge < -0.3 is 0 Å². The van der Waals surface area contributed by atoms with Gasteiger partial charge in [0.2, 0.25) is 0 Å². The van der Waals surface area contributed by atoms with Crippen molar-refractivity contribution < 1.29 is 9.59 Å². The van der Waals surface area contributed by atoms with Crippen molar-refractivity contribution in [3.63, 3.8) is 0 Å². The average Bonchev–Trinajstić information content (AvgIpc) is 2.27. The van der Waals surface area contributed by atoms with Gasteiger partial charge in [0.05, 0.1) is 0 Å². The molecule has 3 unspecified atom stereocenters. The molecule has 0 aromatic carbocycles. The molecule has 0 bridgehead atoms. The lowest BCUT2D eigenvalue weighted by Gasteiger charge is -2.28. The zero-order valence-electron chi connectivity index (χ0n) is 10.7. The Bertz CT molecular complexity index is 235. The third kappa shape index (κ3) is 3.38. The first-order chi connectivity index (χ1) is 7.43. The average molecular weight is 242 g/mol. The second kappa shape index (κ2) is 5.91. The van der Waals surface area contributed by atoms with Gasteiger partial charge in [0.1, 0.15) is 11.6 Å². The van der Waals surface area contributed by atoms with E-state index in [-0.39, 0.29) is 23.4 Å². The molecule has 0 amide bonds. The van der Waals surface area contributed by atoms with E-state index in [0.29, 0.717) is 20.1 Å². The molecule has 0 aromatic heterocycles. The minimum absolute atomic E-state index is 0.146. The molecule has 16 heavy (non-hydrogen) atoms. The topological polar surface area (TPSA) is 34.1 Å². The van der Waals surface area contributed by atoms with Crippen LogP contribution in [0, 0.1) is 17.8 Å². The Morgan fingerprint density at radius 1 is 1.00 bits per heavy atom. The number of ketones is 2. The second-order valence-electron chi connectivity index (χ2n) is 5.35. The van der Waals surface area contributed by atoms with Crippen molar-refractivity contribution in [2.75, 3.05) is 6.16 Å². The molecule has 1 rings (SSSR count). The lowest BCUT2D eigenvalue weighted by atomic mass is 9.90. The van der Waals surface area contributed by atoms with Crippen LogP contribution in [-0.4, -0.2) is 23.4 Å². The first kappa shape index (κ1) is 13.8. The summed E-state index contributed by atoms with van der Waals surface area (Å²) in [6.07, 6.45) is 2.80. The maximum absolute atomic E-state index is 11.8. The van der Waals surface area contributed by atoms with E-state index in [2.05, 4.69) is 0 Å². The number of carbonyl (C=O) groups excluding carboxylic acids is 2. The minimum Gasteiger partial charge on any atom is -0.299 e. The third-order valence-electron chi connectivity index (χ3n) is 3.30. The lowest BCUT2D eigenvalue weighted by molar-refractivity contribution is -0.126. The largest absolute Gasteiger partial charge is 0.299 e. The Hall–Kier alpha value is -0.230. The third-order valence-corrected chi connectivity index (χ3v) is 5.09. The fourth-order valence-corrected chi connectivity index (χ4v) is 4.10. The van der Waals surface area contributed by atoms with E-state index in [9.17, 15) is 9.59 Å². The number of rotatable bonds is 4. The summed E-state index contributed by atoms with van der Waals surface area (Å²) in [5.74, 6) is 1.31. The summed E-state index contributed by atoms with van der Waals surface area (Å²) in [6, 6.07) is 0. The van der Waals surface area contributed by atoms with Crippen LogP contribution in [0.25, 0.3) is 0 Å². The van der Waals surface area contributed by atoms with Gasteiger partial charge in [0, 0.05) is 23.4 Å². The lowest BCUT2D eigenvalue weighted by Crippen LogP contribution is -2.31. The monoisotopic (exact) mass is 242 g/mol. The summed E-state index contributed by atoms with van der Waals surface area (Å²) in [7, 11) is 0.661. The number of hydrogen-bond donors (Lipinski definition) is 0. The van der Waals surface area contributed by atoms with E-state index in [4.69, 9.17) is 0 Å². The van der Waals surface area contributed by atoms with Gasteiger partial charge >= 0.3 is 0 Å². The summed E-state index contributed by atoms with van der Waals surface area (Å²) in [6.45, 7) is 7.88. The van der Waals surface area contributed by atoms with Gasteiger partial charge in [-0.1, -0.05) is 27.7 Å². The van der Waals surface area contributed by atoms with E-state index in [0.717, 1.165) is 19.0 Å². The molecule has 3 heteroatoms. The maximum Gasteiger partial charge on any atom is 0.142 e. The van der Waals surface area contributed by atoms with Gasteiger partial charge in [0.15, 0.2) is 0 Å². The van der Waals surface area contributed by atoms with Crippen LogP contribution in [-0.2, 0) is 9.59 Å². The molecule has 0 saturated carbocycles. The molecule has 0 radical (unpaired) electrons. The van der Waals surface area contributed by atoms with Crippen LogP contribution in [0.2, 0.25) is 0 Å². The highest BCUT2D eigenvalue weighted by Gasteiger charge is 2.31. The van der Waals surface area contributed by atoms with Crippen LogP contribution < -0.4 is 0 Å². The van der Waals surface area contributed by atoms with Crippen LogP contribution in [0.3, 0.4) is 0 Å². The van der Waals surface area contributed by atoms with Gasteiger partial charge in [0.25, 0.3) is 0 Å². The Kier molecular flexibility index (Phi) is 5.11. The molecule has 92 valence electrons. The second-order valence-corrected chi connectivity index (χ2v) is 6.86. The van der Waals surface area contributed by atoms with E-state index >= 15 is 0 Å². The fourth-order valence-electron chi connectivity index (χ4n) is 2.22. The molecule has 3 atom stereocenters. The van der Waals surface area contributed by atoms with Crippen molar-refractivity contribution in [1.82, 2.24) is 0 Å². The van der Waals surface area contributed by atoms with Crippen molar-refractivity contribution >= 4 is 20.1 Å². The fraction of sp³-hybridized carbons (Fsp3) is 0.846. The van der Waals surface area contributed by atoms with Crippen molar-refractivity contribution in [2.45, 2.75) is 46.2 Å². The number of carbonyl (C=O) groups is 2. The first-order valence-corrected chi connectivity index (χ1v) is 7.52. The molecule has 0 N–H and O–H groups in total. The standard InChI is InChI=1S/C13H23O2P/c1-8(2)12(14)10-5-6-11(16-7-10)13(15)9(3)4/h8-11,16H,5-7H2,1-4H3. The summed E-state index contributed by atoms with van der Waals surface area (Å²) < 4.78 is 0. The SMILES string of the molecule is CC(C)C(=O)C1CCC(C(=O)C(C)C)PC1. The van der Waals surface area contributed by atoms with Gasteiger partial charge in [-0.2, -0.15) is 0 Å². The van der Waals surface area contributed by atoms with Gasteiger partial charge in [-0.15, -0.1) is 8.58 Å². The van der Waals surface area contributed by atoms with Crippen LogP contribution in [0.1, 0.15) is 40.5 Å². The van der Waals surface area contributed by atoms with E-state index in [1.807, 2.05) is 27.7 Å². The number of hydrogen-bond acceptors (Lipinski definition) is 2. The molecule has 0 spiro atoms. The van der Waals surface area contributed by atoms with E-state index in [1.54, 1.807) is 0 Å². The predicted octanol–water partition coefficient (Wildman–Crippen LogP) is 2.89. The smallest absolute Gasteiger partial charge is 0.142 e. The molecular formula is C13H23O2P. The maximum atomic E-state index is 11.8. The molecule has 1 aliphatic rings. The van der Waals surface area contributed by atoms with Crippen LogP contribution in [0.5, 0.6) is 0 Å². The summed E-state index contributed by atoms with van der Waals surface area (Å²) >= 11 is 0. The van der Waals surface area contributed by atoms with Gasteiger partial charge in [-0.05, 0) is 19.0 Å². The Balaban J connectivity index is 2.45. The zero-order chi connectivity index (χ0) is 12.3. The van der Waals surface area contributed by atoms with Crippen molar-refractivity contribution in [2.24, 2.45) is 17.8 Å². The molecule has 1 fully saturated rings. The van der Waals surface area contributed by atoms with Gasteiger partial charge in [-0.25, -0.2) is 0 Å². The Labute approximate surface area is 100 Å². The van der Waals surface area contributed by atoms with Crippen LogP contribution in [0.4, 0.5) is 0 Å². The van der Waals surface area contributed by atoms with E-state index < -0.39 is 0 Å². The summed E-state index contributed by atoms with van der Waals surface area (Å²) in [5, 5.41) is 0. The van der Waals surface area contributed by atoms with Crippen molar-refractivity contribution in [3.8, 4) is 0 Å². The zero-order valence-corrected chi connectivity index (χ0v) is 11.7. The molecule has 0 aromatic rings. The normalized spacial score (nSPS) is 27.6. The molecule has 1 aliphatic heterocycles. The minimum atomic E-state index is 0.146. The van der Waals surface area contributed by atoms with Gasteiger partial charge in [-0.3, -0.25) is 9.59 Å². The van der Waals surface area contributed by atoms with Crippen LogP contribution in [0.15, 0.2) is 0 Å². The van der Waals surface area contributed by atoms with Crippen molar-refractivity contribution in [1.29, 1.82) is 0 Å². The first-order valence-electron chi connectivity index (χ1n) is 6.24. The molecule has 0 aliphatic carbocycles.